The molecule has 1 aromatic rings. The van der Waals surface area contributed by atoms with Crippen LogP contribution >= 0.6 is 15.9 Å². The van der Waals surface area contributed by atoms with E-state index in [1.165, 1.54) is 6.07 Å². The first kappa shape index (κ1) is 15.3. The molecule has 1 aliphatic rings. The van der Waals surface area contributed by atoms with Gasteiger partial charge in [0, 0.05) is 10.2 Å². The number of benzene rings is 1. The number of hydrogen-bond donors (Lipinski definition) is 2. The van der Waals surface area contributed by atoms with Crippen LogP contribution in [0.15, 0.2) is 22.7 Å². The van der Waals surface area contributed by atoms with Gasteiger partial charge in [0.2, 0.25) is 5.91 Å². The number of carbonyl (C=O) groups excluding carboxylic acids is 1. The molecular formula is C13H14BrF3N2O. The smallest absolute Gasteiger partial charge is 0.325 e. The SMILES string of the molecule is O=C(Nc1cc(Br)cc(C(F)(F)F)c1)[C@@H]1CCCCN1. The Morgan fingerprint density at radius 2 is 2.05 bits per heavy atom. The molecule has 3 nitrogen and oxygen atoms in total. The fourth-order valence-electron chi connectivity index (χ4n) is 2.13. The van der Waals surface area contributed by atoms with Crippen LogP contribution in [0.3, 0.4) is 0 Å². The maximum Gasteiger partial charge on any atom is 0.416 e. The zero-order valence-electron chi connectivity index (χ0n) is 10.6. The molecule has 1 aromatic carbocycles. The molecule has 2 rings (SSSR count). The number of anilines is 1. The second-order valence-electron chi connectivity index (χ2n) is 4.72. The van der Waals surface area contributed by atoms with Crippen molar-refractivity contribution in [1.29, 1.82) is 0 Å². The van der Waals surface area contributed by atoms with Gasteiger partial charge in [0.05, 0.1) is 11.6 Å². The fourth-order valence-corrected chi connectivity index (χ4v) is 2.62. The second-order valence-corrected chi connectivity index (χ2v) is 5.63. The summed E-state index contributed by atoms with van der Waals surface area (Å²) in [5.41, 5.74) is -0.650. The van der Waals surface area contributed by atoms with E-state index in [0.717, 1.165) is 31.5 Å². The second kappa shape index (κ2) is 6.13. The zero-order valence-corrected chi connectivity index (χ0v) is 12.1. The van der Waals surface area contributed by atoms with Crippen LogP contribution in [0.4, 0.5) is 18.9 Å². The van der Waals surface area contributed by atoms with Crippen LogP contribution in [0.5, 0.6) is 0 Å². The van der Waals surface area contributed by atoms with Crippen molar-refractivity contribution in [3.05, 3.63) is 28.2 Å². The Morgan fingerprint density at radius 3 is 2.65 bits per heavy atom. The first-order valence-electron chi connectivity index (χ1n) is 6.28. The van der Waals surface area contributed by atoms with Gasteiger partial charge in [-0.05, 0) is 37.6 Å². The summed E-state index contributed by atoms with van der Waals surface area (Å²) in [7, 11) is 0. The van der Waals surface area contributed by atoms with E-state index in [1.54, 1.807) is 0 Å². The first-order chi connectivity index (χ1) is 9.36. The Balaban J connectivity index is 2.12. The third-order valence-electron chi connectivity index (χ3n) is 3.12. The molecule has 1 aliphatic heterocycles. The Bertz CT molecular complexity index is 499. The van der Waals surface area contributed by atoms with Gasteiger partial charge in [-0.15, -0.1) is 0 Å². The van der Waals surface area contributed by atoms with E-state index in [4.69, 9.17) is 0 Å². The average molecular weight is 351 g/mol. The molecule has 7 heteroatoms. The van der Waals surface area contributed by atoms with Crippen molar-refractivity contribution in [2.45, 2.75) is 31.5 Å². The summed E-state index contributed by atoms with van der Waals surface area (Å²) in [6, 6.07) is 3.03. The maximum atomic E-state index is 12.7. The molecule has 110 valence electrons. The molecule has 0 bridgehead atoms. The molecule has 0 unspecified atom stereocenters. The van der Waals surface area contributed by atoms with Crippen LogP contribution in [0.25, 0.3) is 0 Å². The molecule has 1 saturated heterocycles. The van der Waals surface area contributed by atoms with Crippen molar-refractivity contribution in [3.8, 4) is 0 Å². The monoisotopic (exact) mass is 350 g/mol. The molecule has 1 amide bonds. The molecule has 0 spiro atoms. The van der Waals surface area contributed by atoms with Crippen LogP contribution in [-0.2, 0) is 11.0 Å². The average Bonchev–Trinajstić information content (AvgIpc) is 2.38. The van der Waals surface area contributed by atoms with Crippen LogP contribution in [0.1, 0.15) is 24.8 Å². The molecular weight excluding hydrogens is 337 g/mol. The van der Waals surface area contributed by atoms with Gasteiger partial charge in [0.1, 0.15) is 0 Å². The fraction of sp³-hybridized carbons (Fsp3) is 0.462. The molecule has 0 aromatic heterocycles. The number of piperidine rings is 1. The summed E-state index contributed by atoms with van der Waals surface area (Å²) < 4.78 is 38.4. The predicted molar refractivity (Wildman–Crippen MR) is 73.4 cm³/mol. The summed E-state index contributed by atoms with van der Waals surface area (Å²) >= 11 is 3.02. The number of carbonyl (C=O) groups is 1. The third-order valence-corrected chi connectivity index (χ3v) is 3.58. The van der Waals surface area contributed by atoms with Gasteiger partial charge in [0.25, 0.3) is 0 Å². The first-order valence-corrected chi connectivity index (χ1v) is 7.07. The number of hydrogen-bond acceptors (Lipinski definition) is 2. The van der Waals surface area contributed by atoms with E-state index >= 15 is 0 Å². The highest BCUT2D eigenvalue weighted by atomic mass is 79.9. The lowest BCUT2D eigenvalue weighted by Crippen LogP contribution is -2.43. The highest BCUT2D eigenvalue weighted by Crippen LogP contribution is 2.33. The number of halogens is 4. The summed E-state index contributed by atoms with van der Waals surface area (Å²) in [5.74, 6) is -0.295. The van der Waals surface area contributed by atoms with E-state index in [0.29, 0.717) is 6.42 Å². The summed E-state index contributed by atoms with van der Waals surface area (Å²) in [5, 5.41) is 5.59. The molecule has 0 aliphatic carbocycles. The minimum Gasteiger partial charge on any atom is -0.325 e. The van der Waals surface area contributed by atoms with Crippen LogP contribution in [0.2, 0.25) is 0 Å². The van der Waals surface area contributed by atoms with Gasteiger partial charge in [-0.1, -0.05) is 22.4 Å². The Morgan fingerprint density at radius 1 is 1.30 bits per heavy atom. The van der Waals surface area contributed by atoms with E-state index in [-0.39, 0.29) is 22.1 Å². The standard InChI is InChI=1S/C13H14BrF3N2O/c14-9-5-8(13(15,16)17)6-10(7-9)19-12(20)11-3-1-2-4-18-11/h5-7,11,18H,1-4H2,(H,19,20)/t11-/m0/s1. The third kappa shape index (κ3) is 3.96. The van der Waals surface area contributed by atoms with Crippen LogP contribution in [0, 0.1) is 0 Å². The van der Waals surface area contributed by atoms with Gasteiger partial charge in [-0.25, -0.2) is 0 Å². The lowest BCUT2D eigenvalue weighted by Gasteiger charge is -2.22. The summed E-state index contributed by atoms with van der Waals surface area (Å²) in [4.78, 5) is 12.0. The molecule has 1 atom stereocenters. The molecule has 0 radical (unpaired) electrons. The molecule has 1 fully saturated rings. The van der Waals surface area contributed by atoms with Crippen molar-refractivity contribution in [2.75, 3.05) is 11.9 Å². The van der Waals surface area contributed by atoms with Gasteiger partial charge in [-0.3, -0.25) is 4.79 Å². The lowest BCUT2D eigenvalue weighted by molar-refractivity contribution is -0.137. The summed E-state index contributed by atoms with van der Waals surface area (Å²) in [6.45, 7) is 0.754. The Labute approximate surface area is 123 Å². The van der Waals surface area contributed by atoms with E-state index < -0.39 is 11.7 Å². The van der Waals surface area contributed by atoms with Crippen molar-refractivity contribution in [1.82, 2.24) is 5.32 Å². The van der Waals surface area contributed by atoms with Gasteiger partial charge >= 0.3 is 6.18 Å². The normalized spacial score (nSPS) is 19.7. The van der Waals surface area contributed by atoms with Crippen molar-refractivity contribution in [2.24, 2.45) is 0 Å². The maximum absolute atomic E-state index is 12.7. The number of alkyl halides is 3. The predicted octanol–water partition coefficient (Wildman–Crippen LogP) is 3.55. The molecule has 20 heavy (non-hydrogen) atoms. The Kier molecular flexibility index (Phi) is 4.70. The zero-order chi connectivity index (χ0) is 14.8. The number of amides is 1. The van der Waals surface area contributed by atoms with Gasteiger partial charge in [0.15, 0.2) is 0 Å². The topological polar surface area (TPSA) is 41.1 Å². The van der Waals surface area contributed by atoms with Crippen LogP contribution in [-0.4, -0.2) is 18.5 Å². The van der Waals surface area contributed by atoms with E-state index in [1.807, 2.05) is 0 Å². The molecule has 0 saturated carbocycles. The van der Waals surface area contributed by atoms with Crippen molar-refractivity contribution < 1.29 is 18.0 Å². The van der Waals surface area contributed by atoms with Gasteiger partial charge < -0.3 is 10.6 Å². The minimum absolute atomic E-state index is 0.143. The highest BCUT2D eigenvalue weighted by molar-refractivity contribution is 9.10. The van der Waals surface area contributed by atoms with Crippen molar-refractivity contribution in [3.63, 3.8) is 0 Å². The summed E-state index contributed by atoms with van der Waals surface area (Å²) in [6.07, 6.45) is -1.78. The Hall–Kier alpha value is -1.08. The number of nitrogens with one attached hydrogen (secondary N) is 2. The largest absolute Gasteiger partial charge is 0.416 e. The van der Waals surface area contributed by atoms with E-state index in [2.05, 4.69) is 26.6 Å². The van der Waals surface area contributed by atoms with Crippen molar-refractivity contribution >= 4 is 27.5 Å². The van der Waals surface area contributed by atoms with Crippen LogP contribution < -0.4 is 10.6 Å². The van der Waals surface area contributed by atoms with E-state index in [9.17, 15) is 18.0 Å². The van der Waals surface area contributed by atoms with Gasteiger partial charge in [-0.2, -0.15) is 13.2 Å². The lowest BCUT2D eigenvalue weighted by atomic mass is 10.0. The highest BCUT2D eigenvalue weighted by Gasteiger charge is 2.31. The number of rotatable bonds is 2. The quantitative estimate of drug-likeness (QED) is 0.856. The molecule has 1 heterocycles. The molecule has 2 N–H and O–H groups in total. The minimum atomic E-state index is -4.44.